The fourth-order valence-electron chi connectivity index (χ4n) is 6.33. The second-order valence-corrected chi connectivity index (χ2v) is 12.7. The average molecular weight is 586 g/mol. The Morgan fingerprint density at radius 3 is 2.26 bits per heavy atom. The van der Waals surface area contributed by atoms with Gasteiger partial charge in [-0.05, 0) is 65.3 Å². The van der Waals surface area contributed by atoms with Crippen LogP contribution in [0.3, 0.4) is 0 Å². The van der Waals surface area contributed by atoms with Crippen LogP contribution < -0.4 is 21.3 Å². The maximum absolute atomic E-state index is 14.0. The van der Waals surface area contributed by atoms with E-state index in [2.05, 4.69) is 10.6 Å². The zero-order chi connectivity index (χ0) is 31.6. The van der Waals surface area contributed by atoms with E-state index in [9.17, 15) is 39.6 Å². The quantitative estimate of drug-likeness (QED) is 0.179. The first-order chi connectivity index (χ1) is 19.3. The zero-order valence-corrected chi connectivity index (χ0v) is 24.8. The van der Waals surface area contributed by atoms with Crippen LogP contribution in [0.2, 0.25) is 0 Å². The number of anilines is 2. The van der Waals surface area contributed by atoms with Gasteiger partial charge in [-0.2, -0.15) is 0 Å². The largest absolute Gasteiger partial charge is 0.508 e. The minimum absolute atomic E-state index is 0.00158. The number of ketones is 2. The molecule has 1 unspecified atom stereocenters. The van der Waals surface area contributed by atoms with Crippen molar-refractivity contribution in [2.45, 2.75) is 50.8 Å². The number of carbonyl (C=O) groups is 4. The summed E-state index contributed by atoms with van der Waals surface area (Å²) in [5, 5.41) is 51.3. The van der Waals surface area contributed by atoms with Crippen molar-refractivity contribution in [3.63, 3.8) is 0 Å². The Balaban J connectivity index is 1.89. The molecule has 0 aromatic heterocycles. The molecule has 42 heavy (non-hydrogen) atoms. The molecule has 1 saturated carbocycles. The van der Waals surface area contributed by atoms with Gasteiger partial charge in [0, 0.05) is 36.8 Å². The smallest absolute Gasteiger partial charge is 0.255 e. The molecule has 228 valence electrons. The summed E-state index contributed by atoms with van der Waals surface area (Å²) in [7, 11) is 6.58. The number of carbonyl (C=O) groups excluding carboxylic acids is 4. The van der Waals surface area contributed by atoms with Gasteiger partial charge >= 0.3 is 0 Å². The van der Waals surface area contributed by atoms with E-state index < -0.39 is 69.7 Å². The van der Waals surface area contributed by atoms with Gasteiger partial charge in [-0.25, -0.2) is 0 Å². The van der Waals surface area contributed by atoms with Gasteiger partial charge in [0.2, 0.25) is 11.7 Å². The molecule has 8 N–H and O–H groups in total. The summed E-state index contributed by atoms with van der Waals surface area (Å²) in [6.07, 6.45) is 0.117. The molecule has 0 heterocycles. The Labute approximate surface area is 243 Å². The Bertz CT molecular complexity index is 1450. The summed E-state index contributed by atoms with van der Waals surface area (Å²) in [5.74, 6) is -7.79. The molecule has 4 rings (SSSR count). The number of aliphatic hydroxyl groups is 3. The predicted molar refractivity (Wildman–Crippen MR) is 155 cm³/mol. The molecule has 2 amide bonds. The predicted octanol–water partition coefficient (Wildman–Crippen LogP) is 0.357. The number of hydrogen-bond donors (Lipinski definition) is 7. The number of fused-ring (bicyclic) bond motifs is 3. The number of primary amides is 1. The third-order valence-corrected chi connectivity index (χ3v) is 8.23. The van der Waals surface area contributed by atoms with E-state index in [1.807, 2.05) is 20.8 Å². The third kappa shape index (κ3) is 4.80. The monoisotopic (exact) mass is 585 g/mol. The number of hydrogen-bond acceptors (Lipinski definition) is 11. The van der Waals surface area contributed by atoms with Gasteiger partial charge in [0.25, 0.3) is 5.91 Å². The van der Waals surface area contributed by atoms with E-state index in [0.29, 0.717) is 11.3 Å². The molecule has 1 aromatic rings. The van der Waals surface area contributed by atoms with Gasteiger partial charge in [-0.15, -0.1) is 0 Å². The Kier molecular flexibility index (Phi) is 7.68. The minimum atomic E-state index is -2.73. The van der Waals surface area contributed by atoms with E-state index >= 15 is 0 Å². The van der Waals surface area contributed by atoms with E-state index in [4.69, 9.17) is 5.73 Å². The average Bonchev–Trinajstić information content (AvgIpc) is 2.85. The van der Waals surface area contributed by atoms with Gasteiger partial charge in [0.1, 0.15) is 22.8 Å². The Morgan fingerprint density at radius 1 is 1.12 bits per heavy atom. The number of phenols is 1. The highest BCUT2D eigenvalue weighted by atomic mass is 16.3. The van der Waals surface area contributed by atoms with E-state index in [-0.39, 0.29) is 41.7 Å². The summed E-state index contributed by atoms with van der Waals surface area (Å²) in [5.41, 5.74) is 2.11. The number of benzene rings is 1. The number of aliphatic hydroxyl groups excluding tert-OH is 2. The van der Waals surface area contributed by atoms with Crippen molar-refractivity contribution in [2.24, 2.45) is 17.6 Å². The van der Waals surface area contributed by atoms with Crippen LogP contribution in [0.1, 0.15) is 38.3 Å². The number of likely N-dealkylation sites (N-methyl/N-ethyl adjacent to an activating group) is 1. The van der Waals surface area contributed by atoms with Crippen LogP contribution >= 0.6 is 0 Å². The van der Waals surface area contributed by atoms with Gasteiger partial charge in [-0.1, -0.05) is 0 Å². The highest BCUT2D eigenvalue weighted by Crippen LogP contribution is 2.54. The first kappa shape index (κ1) is 31.0. The lowest BCUT2D eigenvalue weighted by atomic mass is 9.57. The van der Waals surface area contributed by atoms with Crippen molar-refractivity contribution in [3.8, 4) is 5.75 Å². The van der Waals surface area contributed by atoms with E-state index in [0.717, 1.165) is 0 Å². The second-order valence-electron chi connectivity index (χ2n) is 12.7. The first-order valence-electron chi connectivity index (χ1n) is 13.6. The number of nitrogens with two attached hydrogens (primary N) is 1. The summed E-state index contributed by atoms with van der Waals surface area (Å²) in [6, 6.07) is 0.409. The molecule has 1 fully saturated rings. The van der Waals surface area contributed by atoms with Crippen LogP contribution in [0.4, 0.5) is 11.4 Å². The number of Topliss-reactive ketones (excluding diaryl/α,β-unsaturated/α-hetero) is 2. The lowest BCUT2D eigenvalue weighted by Gasteiger charge is -2.50. The van der Waals surface area contributed by atoms with Gasteiger partial charge in [0.15, 0.2) is 11.4 Å². The van der Waals surface area contributed by atoms with Gasteiger partial charge in [0.05, 0.1) is 23.8 Å². The lowest BCUT2D eigenvalue weighted by molar-refractivity contribution is -0.153. The van der Waals surface area contributed by atoms with Crippen LogP contribution in [0.5, 0.6) is 5.75 Å². The molecule has 1 aromatic carbocycles. The SMILES string of the molecule is CN(C)c1cc(NC(=O)CNC(C)(C)C)c(O)c2c1CC1C[C@H]3[C@H](N(C)C)C(=O)C(C(N)=O)=C(O)[C@@]3(O)C(=O)C1=C2O. The van der Waals surface area contributed by atoms with Crippen molar-refractivity contribution in [2.75, 3.05) is 45.0 Å². The summed E-state index contributed by atoms with van der Waals surface area (Å²) >= 11 is 0. The molecule has 13 nitrogen and oxygen atoms in total. The molecule has 0 radical (unpaired) electrons. The van der Waals surface area contributed by atoms with Crippen LogP contribution in [-0.4, -0.2) is 101 Å². The molecule has 13 heteroatoms. The summed E-state index contributed by atoms with van der Waals surface area (Å²) in [6.45, 7) is 5.62. The molecular formula is C29H39N5O8. The fraction of sp³-hybridized carbons (Fsp3) is 0.517. The van der Waals surface area contributed by atoms with E-state index in [1.54, 1.807) is 39.2 Å². The number of nitrogens with zero attached hydrogens (tertiary/aromatic N) is 2. The maximum atomic E-state index is 14.0. The molecule has 3 aliphatic rings. The van der Waals surface area contributed by atoms with Gasteiger partial charge in [-0.3, -0.25) is 24.1 Å². The third-order valence-electron chi connectivity index (χ3n) is 8.23. The number of amides is 2. The van der Waals surface area contributed by atoms with Crippen molar-refractivity contribution in [1.29, 1.82) is 0 Å². The molecule has 0 bridgehead atoms. The standard InChI is InChI=1S/C29H39N5O8/c1-28(2,3)31-11-17(35)32-15-10-16(33(4)5)13-8-12-9-14-21(34(6)7)24(38)20(27(30)41)26(40)29(14,42)25(39)18(12)23(37)19(13)22(15)36/h10,12,14,21,31,36-37,40,42H,8-9,11H2,1-7H3,(H2,30,41)(H,32,35)/t12?,14-,21-,29-/m0/s1. The molecule has 0 aliphatic heterocycles. The van der Waals surface area contributed by atoms with Crippen molar-refractivity contribution < 1.29 is 39.6 Å². The molecule has 0 spiro atoms. The topological polar surface area (TPSA) is 206 Å². The van der Waals surface area contributed by atoms with Gasteiger partial charge < -0.3 is 41.7 Å². The number of aromatic hydroxyl groups is 1. The van der Waals surface area contributed by atoms with Crippen LogP contribution in [0, 0.1) is 11.8 Å². The number of nitrogens with one attached hydrogen (secondary N) is 2. The summed E-state index contributed by atoms with van der Waals surface area (Å²) < 4.78 is 0. The van der Waals surface area contributed by atoms with Crippen LogP contribution in [-0.2, 0) is 25.6 Å². The Hall–Kier alpha value is -3.94. The second kappa shape index (κ2) is 10.4. The van der Waals surface area contributed by atoms with Crippen LogP contribution in [0.25, 0.3) is 5.76 Å². The normalized spacial score (nSPS) is 25.7. The number of rotatable bonds is 6. The fourth-order valence-corrected chi connectivity index (χ4v) is 6.33. The first-order valence-corrected chi connectivity index (χ1v) is 13.6. The summed E-state index contributed by atoms with van der Waals surface area (Å²) in [4.78, 5) is 55.3. The molecular weight excluding hydrogens is 546 g/mol. The minimum Gasteiger partial charge on any atom is -0.508 e. The maximum Gasteiger partial charge on any atom is 0.255 e. The van der Waals surface area contributed by atoms with Crippen molar-refractivity contribution in [3.05, 3.63) is 34.1 Å². The van der Waals surface area contributed by atoms with Crippen molar-refractivity contribution in [1.82, 2.24) is 10.2 Å². The zero-order valence-electron chi connectivity index (χ0n) is 24.8. The highest BCUT2D eigenvalue weighted by Gasteiger charge is 2.64. The van der Waals surface area contributed by atoms with Crippen molar-refractivity contribution >= 4 is 40.5 Å². The lowest BCUT2D eigenvalue weighted by Crippen LogP contribution is -2.65. The van der Waals surface area contributed by atoms with Crippen LogP contribution in [0.15, 0.2) is 23.0 Å². The van der Waals surface area contributed by atoms with E-state index in [1.165, 1.54) is 4.90 Å². The molecule has 0 saturated heterocycles. The highest BCUT2D eigenvalue weighted by molar-refractivity contribution is 6.24. The number of phenolic OH excluding ortho intramolecular Hbond substituents is 1. The molecule has 4 atom stereocenters. The Morgan fingerprint density at radius 2 is 1.74 bits per heavy atom. The molecule has 3 aliphatic carbocycles.